The zero-order valence-electron chi connectivity index (χ0n) is 14.4. The molecule has 1 saturated heterocycles. The van der Waals surface area contributed by atoms with E-state index in [1.165, 1.54) is 0 Å². The second kappa shape index (κ2) is 7.09. The Hall–Kier alpha value is -2.27. The summed E-state index contributed by atoms with van der Waals surface area (Å²) in [7, 11) is 1.67. The van der Waals surface area contributed by atoms with Gasteiger partial charge >= 0.3 is 6.03 Å². The summed E-state index contributed by atoms with van der Waals surface area (Å²) < 4.78 is 10.9. The van der Waals surface area contributed by atoms with E-state index < -0.39 is 0 Å². The minimum atomic E-state index is -0.0353. The third-order valence-electron chi connectivity index (χ3n) is 4.26. The number of carbonyl (C=O) groups excluding carboxylic acids is 1. The Morgan fingerprint density at radius 1 is 1.17 bits per heavy atom. The van der Waals surface area contributed by atoms with Gasteiger partial charge in [0, 0.05) is 19.6 Å². The molecule has 0 spiro atoms. The monoisotopic (exact) mass is 328 g/mol. The normalized spacial score (nSPS) is 20.9. The second-order valence-electron chi connectivity index (χ2n) is 6.37. The molecular formula is C19H24N2O3. The lowest BCUT2D eigenvalue weighted by Crippen LogP contribution is -2.51. The minimum absolute atomic E-state index is 0.0353. The molecule has 0 aromatic heterocycles. The van der Waals surface area contributed by atoms with Crippen molar-refractivity contribution in [3.05, 3.63) is 42.0 Å². The second-order valence-corrected chi connectivity index (χ2v) is 6.37. The summed E-state index contributed by atoms with van der Waals surface area (Å²) in [4.78, 5) is 14.2. The van der Waals surface area contributed by atoms with Gasteiger partial charge in [0.25, 0.3) is 0 Å². The van der Waals surface area contributed by atoms with Crippen molar-refractivity contribution in [2.45, 2.75) is 32.6 Å². The molecule has 24 heavy (non-hydrogen) atoms. The molecule has 0 radical (unpaired) electrons. The fourth-order valence-corrected chi connectivity index (χ4v) is 3.14. The molecule has 0 saturated carbocycles. The molecule has 2 atom stereocenters. The van der Waals surface area contributed by atoms with Crippen molar-refractivity contribution in [2.75, 3.05) is 20.2 Å². The van der Waals surface area contributed by atoms with Gasteiger partial charge in [-0.05, 0) is 48.4 Å². The Balaban J connectivity index is 1.63. The van der Waals surface area contributed by atoms with Crippen LogP contribution in [-0.4, -0.2) is 43.3 Å². The molecule has 5 nitrogen and oxygen atoms in total. The van der Waals surface area contributed by atoms with E-state index >= 15 is 0 Å². The van der Waals surface area contributed by atoms with Gasteiger partial charge in [0.05, 0.1) is 19.3 Å². The Bertz CT molecular complexity index is 722. The van der Waals surface area contributed by atoms with Crippen LogP contribution in [0, 0.1) is 0 Å². The van der Waals surface area contributed by atoms with Crippen LogP contribution in [0.3, 0.4) is 0 Å². The van der Waals surface area contributed by atoms with Gasteiger partial charge < -0.3 is 19.7 Å². The third kappa shape index (κ3) is 3.79. The first-order valence-corrected chi connectivity index (χ1v) is 8.30. The maximum atomic E-state index is 12.4. The lowest BCUT2D eigenvalue weighted by Gasteiger charge is -2.35. The smallest absolute Gasteiger partial charge is 0.317 e. The fourth-order valence-electron chi connectivity index (χ4n) is 3.14. The third-order valence-corrected chi connectivity index (χ3v) is 4.26. The number of hydrogen-bond donors (Lipinski definition) is 1. The molecule has 1 fully saturated rings. The summed E-state index contributed by atoms with van der Waals surface area (Å²) in [6, 6.07) is 12.1. The number of nitrogens with zero attached hydrogens (tertiary/aromatic N) is 1. The number of carbonyl (C=O) groups is 1. The number of urea groups is 1. The lowest BCUT2D eigenvalue weighted by atomic mass is 10.1. The van der Waals surface area contributed by atoms with Gasteiger partial charge in [-0.1, -0.05) is 18.2 Å². The molecule has 1 aliphatic rings. The zero-order valence-corrected chi connectivity index (χ0v) is 14.4. The van der Waals surface area contributed by atoms with Gasteiger partial charge in [-0.15, -0.1) is 0 Å². The van der Waals surface area contributed by atoms with E-state index in [0.717, 1.165) is 22.1 Å². The van der Waals surface area contributed by atoms with Gasteiger partial charge in [0.15, 0.2) is 0 Å². The van der Waals surface area contributed by atoms with Crippen LogP contribution in [0.2, 0.25) is 0 Å². The molecule has 1 N–H and O–H groups in total. The number of rotatable bonds is 3. The molecule has 2 aromatic carbocycles. The highest BCUT2D eigenvalue weighted by Gasteiger charge is 2.25. The number of fused-ring (bicyclic) bond motifs is 1. The molecule has 1 aliphatic heterocycles. The number of methoxy groups -OCH3 is 1. The first-order valence-electron chi connectivity index (χ1n) is 8.30. The first-order chi connectivity index (χ1) is 11.5. The zero-order chi connectivity index (χ0) is 17.1. The Morgan fingerprint density at radius 3 is 2.54 bits per heavy atom. The van der Waals surface area contributed by atoms with Gasteiger partial charge in [-0.3, -0.25) is 0 Å². The summed E-state index contributed by atoms with van der Waals surface area (Å²) in [6.07, 6.45) is 0.158. The SMILES string of the molecule is COc1ccc2cc(CNC(=O)N3C[C@H](C)O[C@@H](C)C3)ccc2c1. The van der Waals surface area contributed by atoms with Crippen molar-refractivity contribution in [2.24, 2.45) is 0 Å². The van der Waals surface area contributed by atoms with E-state index in [-0.39, 0.29) is 18.2 Å². The van der Waals surface area contributed by atoms with Gasteiger partial charge in [-0.25, -0.2) is 4.79 Å². The summed E-state index contributed by atoms with van der Waals surface area (Å²) in [5.74, 6) is 0.846. The van der Waals surface area contributed by atoms with E-state index in [1.54, 1.807) is 7.11 Å². The van der Waals surface area contributed by atoms with Crippen molar-refractivity contribution < 1.29 is 14.3 Å². The number of amides is 2. The van der Waals surface area contributed by atoms with Crippen molar-refractivity contribution in [3.63, 3.8) is 0 Å². The largest absolute Gasteiger partial charge is 0.497 e. The minimum Gasteiger partial charge on any atom is -0.497 e. The maximum absolute atomic E-state index is 12.4. The molecule has 0 bridgehead atoms. The molecule has 2 aromatic rings. The molecule has 3 rings (SSSR count). The molecular weight excluding hydrogens is 304 g/mol. The number of morpholine rings is 1. The van der Waals surface area contributed by atoms with Gasteiger partial charge in [-0.2, -0.15) is 0 Å². The average Bonchev–Trinajstić information content (AvgIpc) is 2.58. The predicted molar refractivity (Wildman–Crippen MR) is 94.3 cm³/mol. The standard InChI is InChI=1S/C19H24N2O3/c1-13-11-21(12-14(2)24-13)19(22)20-10-15-4-5-17-9-18(23-3)7-6-16(17)8-15/h4-9,13-14H,10-12H2,1-3H3,(H,20,22)/t13-,14-/m0/s1. The number of nitrogens with one attached hydrogen (secondary N) is 1. The highest BCUT2D eigenvalue weighted by atomic mass is 16.5. The van der Waals surface area contributed by atoms with E-state index in [4.69, 9.17) is 9.47 Å². The van der Waals surface area contributed by atoms with Crippen molar-refractivity contribution in [3.8, 4) is 5.75 Å². The van der Waals surface area contributed by atoms with Crippen LogP contribution in [0.25, 0.3) is 10.8 Å². The van der Waals surface area contributed by atoms with Crippen molar-refractivity contribution in [1.82, 2.24) is 10.2 Å². The molecule has 1 heterocycles. The maximum Gasteiger partial charge on any atom is 0.317 e. The van der Waals surface area contributed by atoms with Crippen molar-refractivity contribution >= 4 is 16.8 Å². The summed E-state index contributed by atoms with van der Waals surface area (Å²) in [5.41, 5.74) is 1.08. The number of hydrogen-bond acceptors (Lipinski definition) is 3. The highest BCUT2D eigenvalue weighted by molar-refractivity contribution is 5.84. The first kappa shape index (κ1) is 16.6. The van der Waals surface area contributed by atoms with Gasteiger partial charge in [0.2, 0.25) is 0 Å². The average molecular weight is 328 g/mol. The van der Waals surface area contributed by atoms with E-state index in [9.17, 15) is 4.79 Å². The molecule has 0 aliphatic carbocycles. The van der Waals surface area contributed by atoms with Crippen molar-refractivity contribution in [1.29, 1.82) is 0 Å². The molecule has 0 unspecified atom stereocenters. The molecule has 5 heteroatoms. The fraction of sp³-hybridized carbons (Fsp3) is 0.421. The summed E-state index contributed by atoms with van der Waals surface area (Å²) in [5, 5.41) is 5.26. The Labute approximate surface area is 142 Å². The van der Waals surface area contributed by atoms with E-state index in [0.29, 0.717) is 19.6 Å². The van der Waals surface area contributed by atoms with Crippen LogP contribution in [0.15, 0.2) is 36.4 Å². The Morgan fingerprint density at radius 2 is 1.83 bits per heavy atom. The quantitative estimate of drug-likeness (QED) is 0.941. The summed E-state index contributed by atoms with van der Waals surface area (Å²) >= 11 is 0. The lowest BCUT2D eigenvalue weighted by molar-refractivity contribution is -0.0545. The van der Waals surface area contributed by atoms with Crippen LogP contribution in [-0.2, 0) is 11.3 Å². The topological polar surface area (TPSA) is 50.8 Å². The van der Waals surface area contributed by atoms with E-state index in [1.807, 2.05) is 43.0 Å². The van der Waals surface area contributed by atoms with Crippen LogP contribution in [0.4, 0.5) is 4.79 Å². The van der Waals surface area contributed by atoms with Crippen LogP contribution >= 0.6 is 0 Å². The van der Waals surface area contributed by atoms with Gasteiger partial charge in [0.1, 0.15) is 5.75 Å². The van der Waals surface area contributed by atoms with Crippen LogP contribution < -0.4 is 10.1 Å². The number of ether oxygens (including phenoxy) is 2. The van der Waals surface area contributed by atoms with E-state index in [2.05, 4.69) is 17.4 Å². The molecule has 2 amide bonds. The number of benzene rings is 2. The Kier molecular flexibility index (Phi) is 4.90. The highest BCUT2D eigenvalue weighted by Crippen LogP contribution is 2.22. The molecule has 128 valence electrons. The van der Waals surface area contributed by atoms with Crippen LogP contribution in [0.5, 0.6) is 5.75 Å². The van der Waals surface area contributed by atoms with Crippen LogP contribution in [0.1, 0.15) is 19.4 Å². The summed E-state index contributed by atoms with van der Waals surface area (Å²) in [6.45, 7) is 5.77. The predicted octanol–water partition coefficient (Wildman–Crippen LogP) is 3.17.